The second-order valence-electron chi connectivity index (χ2n) is 11.2. The summed E-state index contributed by atoms with van der Waals surface area (Å²) >= 11 is 1.74. The van der Waals surface area contributed by atoms with Crippen LogP contribution >= 0.6 is 11.8 Å². The highest BCUT2D eigenvalue weighted by Crippen LogP contribution is 2.25. The Balaban J connectivity index is 1.66. The van der Waals surface area contributed by atoms with Crippen LogP contribution in [0.5, 0.6) is 0 Å². The number of rotatable bonds is 16. The lowest BCUT2D eigenvalue weighted by molar-refractivity contribution is -0.139. The lowest BCUT2D eigenvalue weighted by atomic mass is 9.88. The molecule has 2 rings (SSSR count). The summed E-state index contributed by atoms with van der Waals surface area (Å²) in [5.74, 6) is 1.38. The van der Waals surface area contributed by atoms with Crippen molar-refractivity contribution in [1.29, 1.82) is 0 Å². The number of nitrogens with zero attached hydrogens (tertiary/aromatic N) is 3. The lowest BCUT2D eigenvalue weighted by Gasteiger charge is -2.35. The van der Waals surface area contributed by atoms with Crippen LogP contribution in [0.2, 0.25) is 0 Å². The van der Waals surface area contributed by atoms with Crippen molar-refractivity contribution in [2.75, 3.05) is 51.7 Å². The summed E-state index contributed by atoms with van der Waals surface area (Å²) in [5.41, 5.74) is 0.0691. The lowest BCUT2D eigenvalue weighted by Crippen LogP contribution is -2.49. The van der Waals surface area contributed by atoms with Crippen LogP contribution in [0.3, 0.4) is 0 Å². The number of unbranched alkanes of at least 4 members (excludes halogenated alkanes) is 4. The van der Waals surface area contributed by atoms with Crippen molar-refractivity contribution in [2.24, 2.45) is 16.3 Å². The number of aliphatic imine (C=N–C) groups is 1. The van der Waals surface area contributed by atoms with E-state index < -0.39 is 0 Å². The van der Waals surface area contributed by atoms with Gasteiger partial charge in [-0.15, -0.1) is 11.8 Å². The first-order chi connectivity index (χ1) is 16.3. The van der Waals surface area contributed by atoms with Gasteiger partial charge in [-0.05, 0) is 44.2 Å². The number of morpholine rings is 1. The van der Waals surface area contributed by atoms with Gasteiger partial charge >= 0.3 is 0 Å². The summed E-state index contributed by atoms with van der Waals surface area (Å²) in [6.07, 6.45) is 9.68. The summed E-state index contributed by atoms with van der Waals surface area (Å²) in [7, 11) is 0. The van der Waals surface area contributed by atoms with E-state index in [2.05, 4.69) is 39.5 Å². The minimum Gasteiger partial charge on any atom is -0.396 e. The number of aliphatic hydroxyl groups is 1. The van der Waals surface area contributed by atoms with E-state index in [1.54, 1.807) is 11.8 Å². The zero-order valence-corrected chi connectivity index (χ0v) is 23.4. The molecule has 0 radical (unpaired) electrons. The molecule has 0 saturated carbocycles. The Hall–Kier alpha value is -0.630. The molecule has 2 unspecified atom stereocenters. The van der Waals surface area contributed by atoms with E-state index >= 15 is 0 Å². The van der Waals surface area contributed by atoms with Crippen LogP contribution in [0.15, 0.2) is 4.99 Å². The molecule has 0 aliphatic carbocycles. The fourth-order valence-corrected chi connectivity index (χ4v) is 5.75. The first-order valence-corrected chi connectivity index (χ1v) is 14.7. The van der Waals surface area contributed by atoms with Crippen molar-refractivity contribution in [2.45, 2.75) is 98.1 Å². The molecule has 0 bridgehead atoms. The molecule has 2 atom stereocenters. The van der Waals surface area contributed by atoms with E-state index in [4.69, 9.17) is 9.73 Å². The molecular formula is C27H51N3O3S. The van der Waals surface area contributed by atoms with E-state index in [-0.39, 0.29) is 30.1 Å². The molecule has 34 heavy (non-hydrogen) atoms. The number of carbonyl (C=O) groups is 1. The molecule has 2 aliphatic heterocycles. The average molecular weight is 498 g/mol. The van der Waals surface area contributed by atoms with Crippen LogP contribution in [0.1, 0.15) is 86.0 Å². The number of aliphatic hydroxyl groups excluding tert-OH is 1. The molecule has 0 aromatic rings. The molecule has 2 heterocycles. The molecule has 6 nitrogen and oxygen atoms in total. The third kappa shape index (κ3) is 10.5. The number of hydrogen-bond donors (Lipinski definition) is 1. The predicted octanol–water partition coefficient (Wildman–Crippen LogP) is 4.84. The topological polar surface area (TPSA) is 65.4 Å². The minimum atomic E-state index is -0.201. The van der Waals surface area contributed by atoms with Gasteiger partial charge in [0.25, 0.3) is 0 Å². The summed E-state index contributed by atoms with van der Waals surface area (Å²) in [4.78, 5) is 22.3. The molecule has 0 aromatic carbocycles. The first kappa shape index (κ1) is 29.6. The average Bonchev–Trinajstić information content (AvgIpc) is 3.32. The molecule has 2 aliphatic rings. The summed E-state index contributed by atoms with van der Waals surface area (Å²) < 4.78 is 6.04. The Bertz CT molecular complexity index is 626. The van der Waals surface area contributed by atoms with Gasteiger partial charge in [0.2, 0.25) is 5.91 Å². The third-order valence-electron chi connectivity index (χ3n) is 6.96. The van der Waals surface area contributed by atoms with Crippen molar-refractivity contribution < 1.29 is 14.6 Å². The molecule has 0 aromatic heterocycles. The van der Waals surface area contributed by atoms with Crippen LogP contribution in [-0.2, 0) is 9.53 Å². The molecule has 1 amide bonds. The van der Waals surface area contributed by atoms with Crippen molar-refractivity contribution in [3.8, 4) is 0 Å². The minimum absolute atomic E-state index is 0.0691. The Morgan fingerprint density at radius 1 is 1.21 bits per heavy atom. The Morgan fingerprint density at radius 3 is 2.62 bits per heavy atom. The van der Waals surface area contributed by atoms with Crippen LogP contribution in [0.4, 0.5) is 0 Å². The molecule has 1 fully saturated rings. The maximum absolute atomic E-state index is 13.0. The van der Waals surface area contributed by atoms with E-state index in [0.717, 1.165) is 43.3 Å². The Kier molecular flexibility index (Phi) is 13.5. The van der Waals surface area contributed by atoms with Gasteiger partial charge in [-0.25, -0.2) is 0 Å². The number of amides is 1. The molecular weight excluding hydrogens is 446 g/mol. The van der Waals surface area contributed by atoms with Crippen molar-refractivity contribution in [3.63, 3.8) is 0 Å². The zero-order valence-electron chi connectivity index (χ0n) is 22.6. The second kappa shape index (κ2) is 15.5. The summed E-state index contributed by atoms with van der Waals surface area (Å²) in [6, 6.07) is -0.201. The number of carbonyl (C=O) groups excluding carboxylic acids is 1. The summed E-state index contributed by atoms with van der Waals surface area (Å²) in [6.45, 7) is 16.5. The molecule has 7 heteroatoms. The zero-order chi connectivity index (χ0) is 25.0. The summed E-state index contributed by atoms with van der Waals surface area (Å²) in [5, 5.41) is 10.5. The van der Waals surface area contributed by atoms with Gasteiger partial charge in [-0.3, -0.25) is 9.79 Å². The SMILES string of the molecule is CCCN(CCCCCCCC(C)(C)CO)CCC1CN(C(=O)C2CSC(C(C)C)=N2)CCO1. The molecule has 198 valence electrons. The number of thioether (sulfide) groups is 1. The number of ether oxygens (including phenoxy) is 1. The Labute approximate surface area is 213 Å². The van der Waals surface area contributed by atoms with E-state index in [1.807, 2.05) is 4.90 Å². The maximum Gasteiger partial charge on any atom is 0.248 e. The molecule has 1 N–H and O–H groups in total. The van der Waals surface area contributed by atoms with Gasteiger partial charge in [0.1, 0.15) is 6.04 Å². The van der Waals surface area contributed by atoms with Gasteiger partial charge in [0, 0.05) is 37.9 Å². The predicted molar refractivity (Wildman–Crippen MR) is 145 cm³/mol. The highest BCUT2D eigenvalue weighted by molar-refractivity contribution is 8.14. The largest absolute Gasteiger partial charge is 0.396 e. The van der Waals surface area contributed by atoms with Gasteiger partial charge in [0.15, 0.2) is 0 Å². The fraction of sp³-hybridized carbons (Fsp3) is 0.926. The normalized spacial score (nSPS) is 21.5. The van der Waals surface area contributed by atoms with Crippen LogP contribution in [0.25, 0.3) is 0 Å². The molecule has 0 spiro atoms. The standard InChI is InChI=1S/C27H51N3O3S/c1-6-14-29(15-11-9-7-8-10-13-27(4,5)21-31)16-12-23-19-30(17-18-33-23)26(32)24-20-34-25(28-24)22(2)3/h22-24,31H,6-21H2,1-5H3. The van der Waals surface area contributed by atoms with E-state index in [9.17, 15) is 9.90 Å². The van der Waals surface area contributed by atoms with E-state index in [0.29, 0.717) is 25.6 Å². The highest BCUT2D eigenvalue weighted by atomic mass is 32.2. The van der Waals surface area contributed by atoms with E-state index in [1.165, 1.54) is 38.5 Å². The van der Waals surface area contributed by atoms with Gasteiger partial charge in [-0.2, -0.15) is 0 Å². The second-order valence-corrected chi connectivity index (χ2v) is 12.2. The maximum atomic E-state index is 13.0. The van der Waals surface area contributed by atoms with Crippen molar-refractivity contribution in [3.05, 3.63) is 0 Å². The number of hydrogen-bond acceptors (Lipinski definition) is 6. The monoisotopic (exact) mass is 497 g/mol. The van der Waals surface area contributed by atoms with Gasteiger partial charge < -0.3 is 19.6 Å². The van der Waals surface area contributed by atoms with Crippen LogP contribution < -0.4 is 0 Å². The quantitative estimate of drug-likeness (QED) is 0.309. The highest BCUT2D eigenvalue weighted by Gasteiger charge is 2.32. The molecule has 1 saturated heterocycles. The fourth-order valence-electron chi connectivity index (χ4n) is 4.67. The van der Waals surface area contributed by atoms with Gasteiger partial charge in [-0.1, -0.05) is 60.3 Å². The van der Waals surface area contributed by atoms with Crippen molar-refractivity contribution in [1.82, 2.24) is 9.80 Å². The van der Waals surface area contributed by atoms with Crippen molar-refractivity contribution >= 4 is 22.7 Å². The first-order valence-electron chi connectivity index (χ1n) is 13.7. The third-order valence-corrected chi connectivity index (χ3v) is 8.32. The van der Waals surface area contributed by atoms with Crippen LogP contribution in [-0.4, -0.2) is 89.7 Å². The smallest absolute Gasteiger partial charge is 0.248 e. The van der Waals surface area contributed by atoms with Crippen LogP contribution in [0, 0.1) is 11.3 Å². The van der Waals surface area contributed by atoms with Gasteiger partial charge in [0.05, 0.1) is 17.8 Å². The Morgan fingerprint density at radius 2 is 1.94 bits per heavy atom.